The van der Waals surface area contributed by atoms with Gasteiger partial charge in [0.05, 0.1) is 0 Å². The van der Waals surface area contributed by atoms with Crippen LogP contribution in [-0.2, 0) is 0 Å². The summed E-state index contributed by atoms with van der Waals surface area (Å²) in [5, 5.41) is 9.06. The summed E-state index contributed by atoms with van der Waals surface area (Å²) in [5.41, 5.74) is 4.81. The van der Waals surface area contributed by atoms with Crippen LogP contribution in [0.3, 0.4) is 0 Å². The molecule has 0 aromatic heterocycles. The molecule has 1 rings (SSSR count). The van der Waals surface area contributed by atoms with Crippen LogP contribution < -0.4 is 5.73 Å². The Bertz CT molecular complexity index is 268. The predicted molar refractivity (Wildman–Crippen MR) is 41.9 cm³/mol. The van der Waals surface area contributed by atoms with Crippen molar-refractivity contribution in [3.63, 3.8) is 0 Å². The third-order valence-corrected chi connectivity index (χ3v) is 1.61. The normalized spacial score (nSPS) is 23.8. The maximum atomic E-state index is 13.1. The third kappa shape index (κ3) is 1.47. The fourth-order valence-corrected chi connectivity index (χ4v) is 0.909. The number of aliphatic hydroxyl groups excluding tert-OH is 1. The average Bonchev–Trinajstić information content (AvgIpc) is 2.14. The monoisotopic (exact) mass is 173 g/mol. The molecule has 4 heteroatoms. The van der Waals surface area contributed by atoms with E-state index >= 15 is 0 Å². The van der Waals surface area contributed by atoms with Crippen molar-refractivity contribution >= 4 is 0 Å². The maximum Gasteiger partial charge on any atom is 0.167 e. The van der Waals surface area contributed by atoms with Gasteiger partial charge >= 0.3 is 0 Å². The number of hydrogen-bond acceptors (Lipinski definition) is 2. The maximum absolute atomic E-state index is 13.1. The van der Waals surface area contributed by atoms with E-state index in [9.17, 15) is 8.78 Å². The van der Waals surface area contributed by atoms with Gasteiger partial charge in [-0.3, -0.25) is 0 Å². The van der Waals surface area contributed by atoms with Crippen LogP contribution in [0.1, 0.15) is 0 Å². The van der Waals surface area contributed by atoms with Crippen molar-refractivity contribution in [1.82, 2.24) is 0 Å². The molecular weight excluding hydrogens is 164 g/mol. The number of alkyl halides is 2. The van der Waals surface area contributed by atoms with Crippen molar-refractivity contribution in [2.24, 2.45) is 5.73 Å². The van der Waals surface area contributed by atoms with Gasteiger partial charge in [0.1, 0.15) is 12.4 Å². The first-order chi connectivity index (χ1) is 5.66. The Morgan fingerprint density at radius 3 is 2.83 bits per heavy atom. The van der Waals surface area contributed by atoms with Crippen LogP contribution in [0.5, 0.6) is 0 Å². The molecule has 2 nitrogen and oxygen atoms in total. The van der Waals surface area contributed by atoms with Crippen LogP contribution in [0.2, 0.25) is 0 Å². The first kappa shape index (κ1) is 8.77. The first-order valence-electron chi connectivity index (χ1n) is 3.42. The Hall–Kier alpha value is -1.32. The lowest BCUT2D eigenvalue weighted by atomic mass is 10.1. The second kappa shape index (κ2) is 3.38. The van der Waals surface area contributed by atoms with Gasteiger partial charge in [-0.05, 0) is 12.2 Å². The van der Waals surface area contributed by atoms with Crippen LogP contribution in [0.4, 0.5) is 8.78 Å². The molecule has 0 aromatic carbocycles. The van der Waals surface area contributed by atoms with Crippen molar-refractivity contribution in [1.29, 1.82) is 0 Å². The Morgan fingerprint density at radius 2 is 2.25 bits per heavy atom. The molecule has 0 unspecified atom stereocenters. The first-order valence-corrected chi connectivity index (χ1v) is 3.42. The van der Waals surface area contributed by atoms with Crippen molar-refractivity contribution < 1.29 is 13.9 Å². The van der Waals surface area contributed by atoms with Gasteiger partial charge in [-0.15, -0.1) is 0 Å². The zero-order valence-corrected chi connectivity index (χ0v) is 6.30. The number of allylic oxidation sites excluding steroid dienone is 4. The molecule has 0 aromatic rings. The molecule has 1 atom stereocenters. The highest BCUT2D eigenvalue weighted by atomic mass is 19.1. The van der Waals surface area contributed by atoms with Gasteiger partial charge in [0.2, 0.25) is 0 Å². The van der Waals surface area contributed by atoms with Crippen LogP contribution in [0.25, 0.3) is 0 Å². The van der Waals surface area contributed by atoms with Gasteiger partial charge in [-0.2, -0.15) is 0 Å². The minimum Gasteiger partial charge on any atom is -0.508 e. The molecule has 0 saturated heterocycles. The smallest absolute Gasteiger partial charge is 0.167 e. The lowest BCUT2D eigenvalue weighted by Gasteiger charge is -2.08. The van der Waals surface area contributed by atoms with Gasteiger partial charge in [0, 0.05) is 11.3 Å². The molecule has 0 heterocycles. The summed E-state index contributed by atoms with van der Waals surface area (Å²) < 4.78 is 25.2. The van der Waals surface area contributed by atoms with Crippen molar-refractivity contribution in [3.8, 4) is 0 Å². The Labute approximate surface area is 68.7 Å². The lowest BCUT2D eigenvalue weighted by molar-refractivity contribution is 0.354. The van der Waals surface area contributed by atoms with E-state index < -0.39 is 12.8 Å². The molecule has 12 heavy (non-hydrogen) atoms. The largest absolute Gasteiger partial charge is 0.508 e. The second-order valence-corrected chi connectivity index (χ2v) is 2.43. The Morgan fingerprint density at radius 1 is 1.58 bits per heavy atom. The van der Waals surface area contributed by atoms with Crippen LogP contribution >= 0.6 is 0 Å². The van der Waals surface area contributed by atoms with Crippen LogP contribution in [-0.4, -0.2) is 18.0 Å². The fourth-order valence-electron chi connectivity index (χ4n) is 0.909. The quantitative estimate of drug-likeness (QED) is 0.631. The number of rotatable bonds is 1. The predicted octanol–water partition coefficient (Wildman–Crippen LogP) is 1.52. The SMILES string of the molecule is NC1=CC=CC(O)=C(CF)[C@H]1F. The molecule has 3 N–H and O–H groups in total. The number of aliphatic hydroxyl groups is 1. The molecule has 1 aliphatic carbocycles. The highest BCUT2D eigenvalue weighted by molar-refractivity contribution is 5.35. The molecule has 0 radical (unpaired) electrons. The molecule has 66 valence electrons. The zero-order chi connectivity index (χ0) is 9.14. The fraction of sp³-hybridized carbons (Fsp3) is 0.250. The molecule has 0 bridgehead atoms. The molecule has 0 aliphatic heterocycles. The van der Waals surface area contributed by atoms with Crippen molar-refractivity contribution in [2.75, 3.05) is 6.67 Å². The highest BCUT2D eigenvalue weighted by Crippen LogP contribution is 2.19. The topological polar surface area (TPSA) is 46.2 Å². The minimum absolute atomic E-state index is 0.0945. The van der Waals surface area contributed by atoms with E-state index in [1.165, 1.54) is 18.2 Å². The summed E-state index contributed by atoms with van der Waals surface area (Å²) in [4.78, 5) is 0. The van der Waals surface area contributed by atoms with E-state index in [-0.39, 0.29) is 17.0 Å². The van der Waals surface area contributed by atoms with E-state index in [2.05, 4.69) is 0 Å². The van der Waals surface area contributed by atoms with E-state index in [0.29, 0.717) is 0 Å². The van der Waals surface area contributed by atoms with Crippen molar-refractivity contribution in [2.45, 2.75) is 6.17 Å². The van der Waals surface area contributed by atoms with Crippen molar-refractivity contribution in [3.05, 3.63) is 35.3 Å². The Kier molecular flexibility index (Phi) is 2.47. The Balaban J connectivity index is 3.05. The molecule has 0 saturated carbocycles. The number of hydrogen-bond donors (Lipinski definition) is 2. The van der Waals surface area contributed by atoms with Gasteiger partial charge in [0.15, 0.2) is 6.17 Å². The average molecular weight is 173 g/mol. The summed E-state index contributed by atoms with van der Waals surface area (Å²) >= 11 is 0. The molecule has 1 aliphatic rings. The molecule has 0 amide bonds. The molecule has 0 fully saturated rings. The summed E-state index contributed by atoms with van der Waals surface area (Å²) in [6.07, 6.45) is 2.16. The van der Waals surface area contributed by atoms with E-state index in [1.54, 1.807) is 0 Å². The zero-order valence-electron chi connectivity index (χ0n) is 6.30. The summed E-state index contributed by atoms with van der Waals surface area (Å²) in [7, 11) is 0. The van der Waals surface area contributed by atoms with Gasteiger partial charge < -0.3 is 10.8 Å². The van der Waals surface area contributed by atoms with Crippen LogP contribution in [0, 0.1) is 0 Å². The highest BCUT2D eigenvalue weighted by Gasteiger charge is 2.20. The van der Waals surface area contributed by atoms with E-state index in [4.69, 9.17) is 10.8 Å². The summed E-state index contributed by atoms with van der Waals surface area (Å²) in [5.74, 6) is -0.387. The standard InChI is InChI=1S/C8H9F2NO/c9-4-5-7(12)3-1-2-6(11)8(5)10/h1-3,8,12H,4,11H2/t8-/m1/s1. The van der Waals surface area contributed by atoms with E-state index in [0.717, 1.165) is 0 Å². The summed E-state index contributed by atoms with van der Waals surface area (Å²) in [6.45, 7) is -1.04. The number of nitrogens with two attached hydrogens (primary N) is 1. The third-order valence-electron chi connectivity index (χ3n) is 1.61. The van der Waals surface area contributed by atoms with Gasteiger partial charge in [-0.1, -0.05) is 6.08 Å². The minimum atomic E-state index is -1.72. The van der Waals surface area contributed by atoms with Crippen LogP contribution in [0.15, 0.2) is 35.3 Å². The lowest BCUT2D eigenvalue weighted by Crippen LogP contribution is -2.17. The second-order valence-electron chi connectivity index (χ2n) is 2.43. The number of halogens is 2. The van der Waals surface area contributed by atoms with E-state index in [1.807, 2.05) is 0 Å². The molecule has 0 spiro atoms. The van der Waals surface area contributed by atoms with Gasteiger partial charge in [0.25, 0.3) is 0 Å². The summed E-state index contributed by atoms with van der Waals surface area (Å²) in [6, 6.07) is 0. The van der Waals surface area contributed by atoms with Gasteiger partial charge in [-0.25, -0.2) is 8.78 Å². The molecular formula is C8H9F2NO.